The van der Waals surface area contributed by atoms with Crippen LogP contribution in [0.2, 0.25) is 0 Å². The van der Waals surface area contributed by atoms with Gasteiger partial charge in [-0.2, -0.15) is 4.98 Å². The molecule has 10 nitrogen and oxygen atoms in total. The summed E-state index contributed by atoms with van der Waals surface area (Å²) in [5, 5.41) is 28.5. The summed E-state index contributed by atoms with van der Waals surface area (Å²) in [7, 11) is 0. The van der Waals surface area contributed by atoms with Gasteiger partial charge in [-0.3, -0.25) is 9.78 Å². The number of halogens is 2. The number of benzene rings is 1. The molecular weight excluding hydrogens is 540 g/mol. The highest BCUT2D eigenvalue weighted by Gasteiger charge is 2.49. The average Bonchev–Trinajstić information content (AvgIpc) is 3.58. The molecular formula is C27H27F2N7O3S. The number of aliphatic hydroxyl groups is 2. The zero-order chi connectivity index (χ0) is 28.2. The van der Waals surface area contributed by atoms with E-state index in [-0.39, 0.29) is 36.7 Å². The van der Waals surface area contributed by atoms with Gasteiger partial charge < -0.3 is 26.6 Å². The topological polar surface area (TPSA) is 159 Å². The first-order chi connectivity index (χ1) is 19.1. The molecule has 40 heavy (non-hydrogen) atoms. The van der Waals surface area contributed by atoms with Gasteiger partial charge in [0.2, 0.25) is 11.9 Å². The molecule has 0 bridgehead atoms. The molecule has 3 aromatic heterocycles. The minimum atomic E-state index is -1.92. The lowest BCUT2D eigenvalue weighted by Gasteiger charge is -2.30. The Morgan fingerprint density at radius 1 is 1.18 bits per heavy atom. The molecule has 2 saturated carbocycles. The second-order valence-corrected chi connectivity index (χ2v) is 11.3. The van der Waals surface area contributed by atoms with Gasteiger partial charge in [-0.25, -0.2) is 18.7 Å². The number of pyridine rings is 1. The predicted molar refractivity (Wildman–Crippen MR) is 145 cm³/mol. The molecule has 3 heterocycles. The third-order valence-electron chi connectivity index (χ3n) is 7.50. The maximum Gasteiger partial charge on any atom is 0.225 e. The van der Waals surface area contributed by atoms with Crippen LogP contribution >= 0.6 is 11.3 Å². The van der Waals surface area contributed by atoms with Crippen LogP contribution in [0.5, 0.6) is 0 Å². The monoisotopic (exact) mass is 567 g/mol. The highest BCUT2D eigenvalue weighted by molar-refractivity contribution is 7.21. The fourth-order valence-electron chi connectivity index (χ4n) is 5.16. The standard InChI is InChI=1S/C27H27F2N7O3S/c1-12-19(25-34-21-18(40-25)8-10-31-20(21)13-5-6-13)24(36-27(39)9-7-14(22(27)37)23(30)38)35-26(33-12)32-11-15-16(28)3-2-4-17(15)29/h2-4,8,10,13-14,22,37,39H,5-7,9,11H2,1H3,(H2,30,38)(H2,32,33,35,36). The second kappa shape index (κ2) is 9.98. The fraction of sp³-hybridized carbons (Fsp3) is 0.370. The van der Waals surface area contributed by atoms with Gasteiger partial charge >= 0.3 is 0 Å². The summed E-state index contributed by atoms with van der Waals surface area (Å²) < 4.78 is 29.4. The number of thiazole rings is 1. The molecule has 0 saturated heterocycles. The Kier molecular flexibility index (Phi) is 6.59. The number of carbonyl (C=O) groups is 1. The number of aliphatic hydroxyl groups excluding tert-OH is 1. The molecule has 3 unspecified atom stereocenters. The number of nitrogens with zero attached hydrogens (tertiary/aromatic N) is 4. The van der Waals surface area contributed by atoms with Crippen LogP contribution in [-0.4, -0.2) is 47.9 Å². The zero-order valence-corrected chi connectivity index (χ0v) is 22.3. The van der Waals surface area contributed by atoms with E-state index in [9.17, 15) is 23.8 Å². The Hall–Kier alpha value is -3.81. The van der Waals surface area contributed by atoms with Gasteiger partial charge in [-0.1, -0.05) is 6.07 Å². The van der Waals surface area contributed by atoms with Crippen molar-refractivity contribution in [1.29, 1.82) is 0 Å². The average molecular weight is 568 g/mol. The molecule has 0 spiro atoms. The SMILES string of the molecule is Cc1nc(NCc2c(F)cccc2F)nc(NC2(O)CCC(C(N)=O)C2O)c1-c1nc2c(C3CC3)nccc2s1. The molecule has 2 aliphatic rings. The van der Waals surface area contributed by atoms with E-state index < -0.39 is 35.3 Å². The molecule has 6 N–H and O–H groups in total. The maximum atomic E-state index is 14.2. The van der Waals surface area contributed by atoms with Crippen LogP contribution in [0.4, 0.5) is 20.5 Å². The first-order valence-electron chi connectivity index (χ1n) is 12.9. The van der Waals surface area contributed by atoms with Crippen molar-refractivity contribution in [3.63, 3.8) is 0 Å². The number of carbonyl (C=O) groups excluding carboxylic acids is 1. The van der Waals surface area contributed by atoms with Crippen molar-refractivity contribution in [2.45, 2.75) is 56.9 Å². The number of nitrogens with two attached hydrogens (primary N) is 1. The normalized spacial score (nSPS) is 22.5. The number of anilines is 2. The highest BCUT2D eigenvalue weighted by atomic mass is 32.1. The van der Waals surface area contributed by atoms with Crippen LogP contribution in [-0.2, 0) is 11.3 Å². The van der Waals surface area contributed by atoms with Crippen molar-refractivity contribution in [3.8, 4) is 10.6 Å². The number of primary amides is 1. The molecule has 2 aliphatic carbocycles. The third-order valence-corrected chi connectivity index (χ3v) is 8.53. The van der Waals surface area contributed by atoms with E-state index in [0.29, 0.717) is 22.2 Å². The van der Waals surface area contributed by atoms with E-state index in [4.69, 9.17) is 10.7 Å². The Balaban J connectivity index is 1.41. The van der Waals surface area contributed by atoms with E-state index in [1.54, 1.807) is 13.1 Å². The number of hydrogen-bond donors (Lipinski definition) is 5. The van der Waals surface area contributed by atoms with Crippen LogP contribution in [0, 0.1) is 24.5 Å². The largest absolute Gasteiger partial charge is 0.387 e. The van der Waals surface area contributed by atoms with Crippen molar-refractivity contribution in [1.82, 2.24) is 19.9 Å². The zero-order valence-electron chi connectivity index (χ0n) is 21.5. The summed E-state index contributed by atoms with van der Waals surface area (Å²) in [6, 6.07) is 5.48. The summed E-state index contributed by atoms with van der Waals surface area (Å²) in [5.41, 5.74) is 6.01. The van der Waals surface area contributed by atoms with Crippen LogP contribution in [0.15, 0.2) is 30.5 Å². The van der Waals surface area contributed by atoms with Crippen LogP contribution in [0.3, 0.4) is 0 Å². The summed E-state index contributed by atoms with van der Waals surface area (Å²) >= 11 is 1.41. The van der Waals surface area contributed by atoms with Gasteiger partial charge in [-0.15, -0.1) is 11.3 Å². The Morgan fingerprint density at radius 3 is 2.60 bits per heavy atom. The molecule has 6 rings (SSSR count). The number of amides is 1. The van der Waals surface area contributed by atoms with E-state index in [1.807, 2.05) is 6.07 Å². The second-order valence-electron chi connectivity index (χ2n) is 10.3. The van der Waals surface area contributed by atoms with Crippen molar-refractivity contribution >= 4 is 39.2 Å². The van der Waals surface area contributed by atoms with Gasteiger partial charge in [0, 0.05) is 24.2 Å². The van der Waals surface area contributed by atoms with Crippen molar-refractivity contribution in [2.75, 3.05) is 10.6 Å². The molecule has 0 aliphatic heterocycles. The van der Waals surface area contributed by atoms with E-state index in [0.717, 1.165) is 40.9 Å². The Bertz CT molecular complexity index is 1610. The van der Waals surface area contributed by atoms with E-state index >= 15 is 0 Å². The van der Waals surface area contributed by atoms with Crippen molar-refractivity contribution in [3.05, 3.63) is 59.0 Å². The number of aryl methyl sites for hydroxylation is 1. The van der Waals surface area contributed by atoms with Gasteiger partial charge in [0.1, 0.15) is 34.1 Å². The molecule has 13 heteroatoms. The van der Waals surface area contributed by atoms with Gasteiger partial charge in [-0.05, 0) is 50.8 Å². The number of rotatable bonds is 8. The first kappa shape index (κ1) is 26.4. The lowest BCUT2D eigenvalue weighted by atomic mass is 10.0. The Labute approximate surface area is 231 Å². The smallest absolute Gasteiger partial charge is 0.225 e. The van der Waals surface area contributed by atoms with E-state index in [2.05, 4.69) is 25.6 Å². The minimum absolute atomic E-state index is 0.0308. The van der Waals surface area contributed by atoms with E-state index in [1.165, 1.54) is 17.4 Å². The van der Waals surface area contributed by atoms with Gasteiger partial charge in [0.25, 0.3) is 0 Å². The quantitative estimate of drug-likeness (QED) is 0.201. The molecule has 0 radical (unpaired) electrons. The van der Waals surface area contributed by atoms with Gasteiger partial charge in [0.15, 0.2) is 5.72 Å². The predicted octanol–water partition coefficient (Wildman–Crippen LogP) is 3.58. The molecule has 3 atom stereocenters. The van der Waals surface area contributed by atoms with Crippen LogP contribution < -0.4 is 16.4 Å². The molecule has 1 amide bonds. The summed E-state index contributed by atoms with van der Waals surface area (Å²) in [5.74, 6) is -2.54. The van der Waals surface area contributed by atoms with Crippen LogP contribution in [0.1, 0.15) is 48.6 Å². The highest BCUT2D eigenvalue weighted by Crippen LogP contribution is 2.45. The third kappa shape index (κ3) is 4.73. The first-order valence-corrected chi connectivity index (χ1v) is 13.8. The molecule has 2 fully saturated rings. The lowest BCUT2D eigenvalue weighted by molar-refractivity contribution is -0.128. The maximum absolute atomic E-state index is 14.2. The van der Waals surface area contributed by atoms with Crippen LogP contribution in [0.25, 0.3) is 20.8 Å². The molecule has 208 valence electrons. The van der Waals surface area contributed by atoms with Crippen molar-refractivity contribution in [2.24, 2.45) is 11.7 Å². The van der Waals surface area contributed by atoms with Gasteiger partial charge in [0.05, 0.1) is 27.6 Å². The number of hydrogen-bond acceptors (Lipinski definition) is 10. The molecule has 1 aromatic carbocycles. The lowest BCUT2D eigenvalue weighted by Crippen LogP contribution is -2.49. The summed E-state index contributed by atoms with van der Waals surface area (Å²) in [6.45, 7) is 1.50. The minimum Gasteiger partial charge on any atom is -0.387 e. The fourth-order valence-corrected chi connectivity index (χ4v) is 6.23. The Morgan fingerprint density at radius 2 is 1.93 bits per heavy atom. The number of nitrogens with one attached hydrogen (secondary N) is 2. The summed E-state index contributed by atoms with van der Waals surface area (Å²) in [4.78, 5) is 30.3. The summed E-state index contributed by atoms with van der Waals surface area (Å²) in [6.07, 6.45) is 2.60. The van der Waals surface area contributed by atoms with Crippen molar-refractivity contribution < 1.29 is 23.8 Å². The number of fused-ring (bicyclic) bond motifs is 1. The number of aromatic nitrogens is 4. The molecule has 4 aromatic rings.